The van der Waals surface area contributed by atoms with Crippen LogP contribution in [0.15, 0.2) is 41.4 Å². The quantitative estimate of drug-likeness (QED) is 0.578. The number of amidine groups is 1. The Morgan fingerprint density at radius 2 is 1.96 bits per heavy atom. The zero-order chi connectivity index (χ0) is 19.0. The van der Waals surface area contributed by atoms with Gasteiger partial charge in [0.15, 0.2) is 0 Å². The lowest BCUT2D eigenvalue weighted by atomic mass is 10.2. The molecule has 2 aliphatic rings. The van der Waals surface area contributed by atoms with Gasteiger partial charge in [0.05, 0.1) is 25.6 Å². The predicted octanol–water partition coefficient (Wildman–Crippen LogP) is 2.71. The first-order valence-electron chi connectivity index (χ1n) is 8.60. The van der Waals surface area contributed by atoms with E-state index in [1.165, 1.54) is 18.4 Å². The van der Waals surface area contributed by atoms with Crippen LogP contribution in [-0.4, -0.2) is 61.6 Å². The van der Waals surface area contributed by atoms with Crippen molar-refractivity contribution in [3.8, 4) is 0 Å². The van der Waals surface area contributed by atoms with Crippen LogP contribution in [-0.2, 0) is 14.0 Å². The third kappa shape index (κ3) is 3.02. The average molecular weight is 405 g/mol. The van der Waals surface area contributed by atoms with Crippen LogP contribution in [0.3, 0.4) is 0 Å². The molecule has 1 saturated heterocycles. The van der Waals surface area contributed by atoms with Gasteiger partial charge in [-0.1, -0.05) is 30.3 Å². The second kappa shape index (κ2) is 7.20. The summed E-state index contributed by atoms with van der Waals surface area (Å²) in [5, 5.41) is 1.19. The van der Waals surface area contributed by atoms with Gasteiger partial charge in [-0.05, 0) is 6.07 Å². The number of carbonyl (C=O) groups is 1. The number of hydrogen-bond donors (Lipinski definition) is 0. The fourth-order valence-electron chi connectivity index (χ4n) is 3.33. The summed E-state index contributed by atoms with van der Waals surface area (Å²) in [6.45, 7) is 2.18. The van der Waals surface area contributed by atoms with E-state index in [0.717, 1.165) is 5.56 Å². The Bertz CT molecular complexity index is 937. The van der Waals surface area contributed by atoms with E-state index in [-0.39, 0.29) is 0 Å². The van der Waals surface area contributed by atoms with E-state index >= 15 is 0 Å². The lowest BCUT2D eigenvalue weighted by Crippen LogP contribution is -2.44. The van der Waals surface area contributed by atoms with Crippen molar-refractivity contribution in [2.45, 2.75) is 0 Å². The molecule has 1 atom stereocenters. The van der Waals surface area contributed by atoms with Gasteiger partial charge in [0.2, 0.25) is 0 Å². The minimum atomic E-state index is -3.16. The standard InChI is InChI=1S/C18H20N3O4PS/c1-20-16(13-6-4-3-5-7-13)19-17-14(12-15(27-17)18(22)24-2)26(20,23)21-8-10-25-11-9-21/h3-7,12H,8-11H2,1-2H3/t26-/m1/s1. The van der Waals surface area contributed by atoms with E-state index in [9.17, 15) is 9.36 Å². The molecule has 0 unspecified atom stereocenters. The summed E-state index contributed by atoms with van der Waals surface area (Å²) in [5.41, 5.74) is 0.882. The molecule has 2 aromatic rings. The number of ether oxygens (including phenoxy) is 2. The molecule has 0 spiro atoms. The third-order valence-electron chi connectivity index (χ3n) is 4.72. The SMILES string of the molecule is COC(=O)c1cc2c(s1)N=C(c1ccccc1)N(C)[P@@]2(=O)N1CCOCC1. The van der Waals surface area contributed by atoms with Gasteiger partial charge in [0.25, 0.3) is 7.44 Å². The third-order valence-corrected chi connectivity index (χ3v) is 9.02. The second-order valence-electron chi connectivity index (χ2n) is 6.23. The second-order valence-corrected chi connectivity index (χ2v) is 9.99. The largest absolute Gasteiger partial charge is 0.465 e. The van der Waals surface area contributed by atoms with Gasteiger partial charge in [0.1, 0.15) is 15.7 Å². The van der Waals surface area contributed by atoms with Gasteiger partial charge >= 0.3 is 5.97 Å². The lowest BCUT2D eigenvalue weighted by Gasteiger charge is -2.42. The number of fused-ring (bicyclic) bond motifs is 1. The molecule has 3 heterocycles. The smallest absolute Gasteiger partial charge is 0.348 e. The van der Waals surface area contributed by atoms with Gasteiger partial charge < -0.3 is 9.47 Å². The number of benzene rings is 1. The molecule has 142 valence electrons. The highest BCUT2D eigenvalue weighted by Gasteiger charge is 2.45. The average Bonchev–Trinajstić information content (AvgIpc) is 3.16. The Balaban J connectivity index is 1.89. The highest BCUT2D eigenvalue weighted by atomic mass is 32.1. The van der Waals surface area contributed by atoms with Crippen molar-refractivity contribution in [1.82, 2.24) is 9.34 Å². The van der Waals surface area contributed by atoms with E-state index in [1.54, 1.807) is 17.8 Å². The molecule has 1 fully saturated rings. The molecule has 0 bridgehead atoms. The molecule has 0 amide bonds. The number of aliphatic imine (C=N–C) groups is 1. The summed E-state index contributed by atoms with van der Waals surface area (Å²) >= 11 is 1.22. The zero-order valence-electron chi connectivity index (χ0n) is 15.1. The van der Waals surface area contributed by atoms with Crippen molar-refractivity contribution >= 4 is 40.9 Å². The van der Waals surface area contributed by atoms with Gasteiger partial charge in [-0.3, -0.25) is 9.24 Å². The molecule has 0 N–H and O–H groups in total. The van der Waals surface area contributed by atoms with Crippen molar-refractivity contribution in [2.75, 3.05) is 40.5 Å². The molecule has 2 aliphatic heterocycles. The number of nitrogens with zero attached hydrogens (tertiary/aromatic N) is 3. The Morgan fingerprint density at radius 1 is 1.26 bits per heavy atom. The molecule has 27 heavy (non-hydrogen) atoms. The van der Waals surface area contributed by atoms with Crippen LogP contribution in [0.25, 0.3) is 0 Å². The lowest BCUT2D eigenvalue weighted by molar-refractivity contribution is 0.0606. The summed E-state index contributed by atoms with van der Waals surface area (Å²) in [4.78, 5) is 17.2. The van der Waals surface area contributed by atoms with E-state index in [2.05, 4.69) is 0 Å². The highest BCUT2D eigenvalue weighted by Crippen LogP contribution is 2.58. The van der Waals surface area contributed by atoms with Crippen LogP contribution < -0.4 is 5.30 Å². The van der Waals surface area contributed by atoms with Gasteiger partial charge in [-0.15, -0.1) is 11.3 Å². The summed E-state index contributed by atoms with van der Waals surface area (Å²) in [6.07, 6.45) is 0. The monoisotopic (exact) mass is 405 g/mol. The molecule has 7 nitrogen and oxygen atoms in total. The minimum absolute atomic E-state index is 0.405. The molecule has 0 radical (unpaired) electrons. The molecular weight excluding hydrogens is 385 g/mol. The van der Waals surface area contributed by atoms with Crippen molar-refractivity contribution in [3.63, 3.8) is 0 Å². The minimum Gasteiger partial charge on any atom is -0.465 e. The van der Waals surface area contributed by atoms with Crippen LogP contribution >= 0.6 is 18.8 Å². The van der Waals surface area contributed by atoms with E-state index in [0.29, 0.717) is 47.3 Å². The molecule has 4 rings (SSSR count). The Labute approximate surface area is 161 Å². The van der Waals surface area contributed by atoms with E-state index < -0.39 is 13.4 Å². The number of methoxy groups -OCH3 is 1. The number of carbonyl (C=O) groups excluding carboxylic acids is 1. The van der Waals surface area contributed by atoms with Gasteiger partial charge in [0, 0.05) is 25.7 Å². The molecule has 1 aromatic heterocycles. The summed E-state index contributed by atoms with van der Waals surface area (Å²) < 4.78 is 28.4. The number of thiophene rings is 1. The van der Waals surface area contributed by atoms with Crippen LogP contribution in [0.5, 0.6) is 0 Å². The fraction of sp³-hybridized carbons (Fsp3) is 0.333. The predicted molar refractivity (Wildman–Crippen MR) is 106 cm³/mol. The Kier molecular flexibility index (Phi) is 4.90. The summed E-state index contributed by atoms with van der Waals surface area (Å²) in [6, 6.07) is 11.3. The maximum absolute atomic E-state index is 14.4. The van der Waals surface area contributed by atoms with Crippen molar-refractivity contribution < 1.29 is 18.8 Å². The maximum Gasteiger partial charge on any atom is 0.348 e. The molecular formula is C18H20N3O4PS. The topological polar surface area (TPSA) is 71.4 Å². The number of rotatable bonds is 3. The Morgan fingerprint density at radius 3 is 2.63 bits per heavy atom. The summed E-state index contributed by atoms with van der Waals surface area (Å²) in [7, 11) is -0.0156. The molecule has 0 saturated carbocycles. The van der Waals surface area contributed by atoms with Crippen LogP contribution in [0.4, 0.5) is 5.00 Å². The first-order chi connectivity index (χ1) is 13.1. The summed E-state index contributed by atoms with van der Waals surface area (Å²) in [5.74, 6) is 0.193. The fourth-order valence-corrected chi connectivity index (χ4v) is 7.48. The molecule has 9 heteroatoms. The van der Waals surface area contributed by atoms with Gasteiger partial charge in [-0.2, -0.15) is 0 Å². The maximum atomic E-state index is 14.4. The zero-order valence-corrected chi connectivity index (χ0v) is 16.8. The molecule has 0 aliphatic carbocycles. The van der Waals surface area contributed by atoms with Crippen molar-refractivity contribution in [3.05, 3.63) is 46.8 Å². The van der Waals surface area contributed by atoms with E-state index in [1.807, 2.05) is 35.0 Å². The number of esters is 1. The normalized spacial score (nSPS) is 22.9. The molecule has 1 aromatic carbocycles. The first-order valence-corrected chi connectivity index (χ1v) is 11.0. The Hall–Kier alpha value is -1.99. The van der Waals surface area contributed by atoms with Gasteiger partial charge in [-0.25, -0.2) is 14.5 Å². The number of hydrogen-bond acceptors (Lipinski definition) is 6. The van der Waals surface area contributed by atoms with E-state index in [4.69, 9.17) is 14.5 Å². The highest BCUT2D eigenvalue weighted by molar-refractivity contribution is 7.69. The van der Waals surface area contributed by atoms with Crippen LogP contribution in [0, 0.1) is 0 Å². The number of morpholine rings is 1. The first kappa shape index (κ1) is 18.4. The van der Waals surface area contributed by atoms with Crippen molar-refractivity contribution in [2.24, 2.45) is 4.99 Å². The van der Waals surface area contributed by atoms with Crippen molar-refractivity contribution in [1.29, 1.82) is 0 Å². The van der Waals surface area contributed by atoms with Crippen LogP contribution in [0.1, 0.15) is 15.2 Å². The van der Waals surface area contributed by atoms with Crippen LogP contribution in [0.2, 0.25) is 0 Å².